The molecule has 0 aromatic heterocycles. The third-order valence-electron chi connectivity index (χ3n) is 1.33. The van der Waals surface area contributed by atoms with Gasteiger partial charge in [0, 0.05) is 16.6 Å². The van der Waals surface area contributed by atoms with Gasteiger partial charge in [0.05, 0.1) is 4.92 Å². The maximum atomic E-state index is 10.5. The minimum atomic E-state index is -0.520. The number of hydrogen-bond acceptors (Lipinski definition) is 3. The SMILES string of the molecule is O=[N+]([O-])c1ccc(Br)cc1OCCl. The van der Waals surface area contributed by atoms with E-state index in [9.17, 15) is 10.1 Å². The monoisotopic (exact) mass is 265 g/mol. The second-order valence-electron chi connectivity index (χ2n) is 2.12. The summed E-state index contributed by atoms with van der Waals surface area (Å²) in [6.45, 7) is 0. The molecule has 0 fully saturated rings. The molecule has 0 aliphatic heterocycles. The minimum Gasteiger partial charge on any atom is -0.471 e. The largest absolute Gasteiger partial charge is 0.471 e. The van der Waals surface area contributed by atoms with Gasteiger partial charge in [0.25, 0.3) is 0 Å². The number of benzene rings is 1. The van der Waals surface area contributed by atoms with Crippen molar-refractivity contribution in [1.82, 2.24) is 0 Å². The second-order valence-corrected chi connectivity index (χ2v) is 3.26. The van der Waals surface area contributed by atoms with E-state index < -0.39 is 4.92 Å². The molecule has 0 bridgehead atoms. The molecular formula is C7H5BrClNO3. The van der Waals surface area contributed by atoms with Crippen LogP contribution in [0.5, 0.6) is 5.75 Å². The van der Waals surface area contributed by atoms with Gasteiger partial charge in [-0.1, -0.05) is 27.5 Å². The molecule has 70 valence electrons. The van der Waals surface area contributed by atoms with Crippen LogP contribution in [-0.4, -0.2) is 11.0 Å². The van der Waals surface area contributed by atoms with E-state index in [1.54, 1.807) is 6.07 Å². The van der Waals surface area contributed by atoms with Crippen molar-refractivity contribution in [2.45, 2.75) is 0 Å². The van der Waals surface area contributed by atoms with Crippen LogP contribution in [0.2, 0.25) is 0 Å². The summed E-state index contributed by atoms with van der Waals surface area (Å²) in [7, 11) is 0. The number of hydrogen-bond donors (Lipinski definition) is 0. The highest BCUT2D eigenvalue weighted by atomic mass is 79.9. The molecule has 1 aromatic rings. The molecule has 13 heavy (non-hydrogen) atoms. The van der Waals surface area contributed by atoms with Gasteiger partial charge in [-0.2, -0.15) is 0 Å². The normalized spacial score (nSPS) is 9.69. The molecule has 0 unspecified atom stereocenters. The fourth-order valence-electron chi connectivity index (χ4n) is 0.813. The summed E-state index contributed by atoms with van der Waals surface area (Å²) >= 11 is 8.47. The lowest BCUT2D eigenvalue weighted by Crippen LogP contribution is -1.95. The Morgan fingerprint density at radius 2 is 2.31 bits per heavy atom. The molecule has 0 N–H and O–H groups in total. The van der Waals surface area contributed by atoms with Crippen molar-refractivity contribution in [3.8, 4) is 5.75 Å². The van der Waals surface area contributed by atoms with E-state index in [4.69, 9.17) is 16.3 Å². The van der Waals surface area contributed by atoms with E-state index in [0.29, 0.717) is 4.47 Å². The Labute approximate surface area is 87.7 Å². The molecule has 0 aliphatic rings. The summed E-state index contributed by atoms with van der Waals surface area (Å²) in [6.07, 6.45) is 0. The highest BCUT2D eigenvalue weighted by Gasteiger charge is 2.14. The molecule has 0 amide bonds. The van der Waals surface area contributed by atoms with Crippen LogP contribution in [0.15, 0.2) is 22.7 Å². The number of alkyl halides is 1. The molecular weight excluding hydrogens is 261 g/mol. The zero-order valence-corrected chi connectivity index (χ0v) is 8.71. The number of ether oxygens (including phenoxy) is 1. The Morgan fingerprint density at radius 3 is 2.85 bits per heavy atom. The molecule has 4 nitrogen and oxygen atoms in total. The van der Waals surface area contributed by atoms with E-state index in [-0.39, 0.29) is 17.5 Å². The Kier molecular flexibility index (Phi) is 3.50. The first-order valence-corrected chi connectivity index (χ1v) is 4.60. The summed E-state index contributed by atoms with van der Waals surface area (Å²) in [4.78, 5) is 9.96. The van der Waals surface area contributed by atoms with Gasteiger partial charge < -0.3 is 4.74 Å². The predicted octanol–water partition coefficient (Wildman–Crippen LogP) is 2.93. The van der Waals surface area contributed by atoms with Crippen molar-refractivity contribution in [2.75, 3.05) is 6.07 Å². The number of halogens is 2. The van der Waals surface area contributed by atoms with Crippen molar-refractivity contribution in [1.29, 1.82) is 0 Å². The second kappa shape index (κ2) is 4.43. The average Bonchev–Trinajstić information content (AvgIpc) is 2.04. The van der Waals surface area contributed by atoms with E-state index in [1.807, 2.05) is 0 Å². The first-order valence-electron chi connectivity index (χ1n) is 3.28. The zero-order chi connectivity index (χ0) is 9.84. The van der Waals surface area contributed by atoms with Crippen molar-refractivity contribution in [3.63, 3.8) is 0 Å². The fraction of sp³-hybridized carbons (Fsp3) is 0.143. The Hall–Kier alpha value is -0.810. The molecule has 0 heterocycles. The molecule has 0 atom stereocenters. The molecule has 0 spiro atoms. The first kappa shape index (κ1) is 10.3. The third-order valence-corrected chi connectivity index (χ3v) is 1.93. The van der Waals surface area contributed by atoms with Crippen LogP contribution in [-0.2, 0) is 0 Å². The number of rotatable bonds is 3. The van der Waals surface area contributed by atoms with E-state index >= 15 is 0 Å². The maximum Gasteiger partial charge on any atom is 0.311 e. The first-order chi connectivity index (χ1) is 6.15. The van der Waals surface area contributed by atoms with Gasteiger partial charge in [-0.05, 0) is 6.07 Å². The lowest BCUT2D eigenvalue weighted by atomic mass is 10.3. The van der Waals surface area contributed by atoms with Crippen LogP contribution < -0.4 is 4.74 Å². The summed E-state index contributed by atoms with van der Waals surface area (Å²) < 4.78 is 5.58. The van der Waals surface area contributed by atoms with Crippen molar-refractivity contribution < 1.29 is 9.66 Å². The fourth-order valence-corrected chi connectivity index (χ4v) is 1.27. The van der Waals surface area contributed by atoms with E-state index in [2.05, 4.69) is 15.9 Å². The van der Waals surface area contributed by atoms with Crippen LogP contribution in [0, 0.1) is 10.1 Å². The molecule has 0 saturated carbocycles. The highest BCUT2D eigenvalue weighted by molar-refractivity contribution is 9.10. The lowest BCUT2D eigenvalue weighted by Gasteiger charge is -2.02. The zero-order valence-electron chi connectivity index (χ0n) is 6.37. The summed E-state index contributed by atoms with van der Waals surface area (Å²) in [5.74, 6) is 0.161. The number of nitrogens with zero attached hydrogens (tertiary/aromatic N) is 1. The Bertz CT molecular complexity index is 332. The van der Waals surface area contributed by atoms with Gasteiger partial charge in [-0.3, -0.25) is 10.1 Å². The van der Waals surface area contributed by atoms with Crippen molar-refractivity contribution in [2.24, 2.45) is 0 Å². The molecule has 0 radical (unpaired) electrons. The Morgan fingerprint density at radius 1 is 1.62 bits per heavy atom. The smallest absolute Gasteiger partial charge is 0.311 e. The highest BCUT2D eigenvalue weighted by Crippen LogP contribution is 2.30. The standard InChI is InChI=1S/C7H5BrClNO3/c8-5-1-2-6(10(11)12)7(3-5)13-4-9/h1-3H,4H2. The summed E-state index contributed by atoms with van der Waals surface area (Å²) in [5, 5.41) is 10.5. The van der Waals surface area contributed by atoms with Crippen molar-refractivity contribution >= 4 is 33.2 Å². The number of nitro groups is 1. The van der Waals surface area contributed by atoms with Gasteiger partial charge in [0.2, 0.25) is 0 Å². The third kappa shape index (κ3) is 2.57. The minimum absolute atomic E-state index is 0.0937. The molecule has 1 aromatic carbocycles. The van der Waals surface area contributed by atoms with Crippen molar-refractivity contribution in [3.05, 3.63) is 32.8 Å². The average molecular weight is 266 g/mol. The summed E-state index contributed by atoms with van der Waals surface area (Å²) in [5.41, 5.74) is -0.0937. The molecule has 0 saturated heterocycles. The van der Waals surface area contributed by atoms with Gasteiger partial charge in [-0.15, -0.1) is 0 Å². The topological polar surface area (TPSA) is 52.4 Å². The van der Waals surface area contributed by atoms with Gasteiger partial charge in [0.15, 0.2) is 11.8 Å². The number of nitro benzene ring substituents is 1. The van der Waals surface area contributed by atoms with Crippen LogP contribution in [0.3, 0.4) is 0 Å². The lowest BCUT2D eigenvalue weighted by molar-refractivity contribution is -0.385. The van der Waals surface area contributed by atoms with Crippen LogP contribution >= 0.6 is 27.5 Å². The van der Waals surface area contributed by atoms with Crippen LogP contribution in [0.25, 0.3) is 0 Å². The quantitative estimate of drug-likeness (QED) is 0.480. The molecule has 6 heteroatoms. The van der Waals surface area contributed by atoms with Crippen LogP contribution in [0.4, 0.5) is 5.69 Å². The summed E-state index contributed by atoms with van der Waals surface area (Å²) in [6, 6.07) is 4.31. The Balaban J connectivity index is 3.10. The van der Waals surface area contributed by atoms with E-state index in [1.165, 1.54) is 12.1 Å². The maximum absolute atomic E-state index is 10.5. The van der Waals surface area contributed by atoms with Gasteiger partial charge >= 0.3 is 5.69 Å². The molecule has 1 rings (SSSR count). The van der Waals surface area contributed by atoms with Crippen LogP contribution in [0.1, 0.15) is 0 Å². The predicted molar refractivity (Wildman–Crippen MR) is 52.1 cm³/mol. The van der Waals surface area contributed by atoms with Gasteiger partial charge in [0.1, 0.15) is 0 Å². The van der Waals surface area contributed by atoms with Gasteiger partial charge in [-0.25, -0.2) is 0 Å². The van der Waals surface area contributed by atoms with E-state index in [0.717, 1.165) is 0 Å². The molecule has 0 aliphatic carbocycles.